The van der Waals surface area contributed by atoms with Gasteiger partial charge in [-0.15, -0.1) is 0 Å². The van der Waals surface area contributed by atoms with E-state index >= 15 is 0 Å². The van der Waals surface area contributed by atoms with Crippen LogP contribution < -0.4 is 4.74 Å². The Kier molecular flexibility index (Phi) is 6.38. The molecule has 0 saturated heterocycles. The third-order valence-corrected chi connectivity index (χ3v) is 3.30. The van der Waals surface area contributed by atoms with Gasteiger partial charge in [-0.25, -0.2) is 4.79 Å². The number of carbonyl (C=O) groups excluding carboxylic acids is 1. The zero-order valence-electron chi connectivity index (χ0n) is 9.31. The number of halogens is 3. The number of ether oxygens (including phenoxy) is 2. The molecule has 1 rings (SSSR count). The fourth-order valence-electron chi connectivity index (χ4n) is 1.11. The van der Waals surface area contributed by atoms with Gasteiger partial charge in [0.15, 0.2) is 5.01 Å². The van der Waals surface area contributed by atoms with Crippen LogP contribution in [0.15, 0.2) is 43.0 Å². The second kappa shape index (κ2) is 7.31. The van der Waals surface area contributed by atoms with E-state index in [4.69, 9.17) is 9.47 Å². The van der Waals surface area contributed by atoms with E-state index in [1.807, 2.05) is 30.3 Å². The van der Waals surface area contributed by atoms with Gasteiger partial charge in [0.2, 0.25) is 3.42 Å². The minimum Gasteiger partial charge on any atom is -0.466 e. The molecule has 6 heteroatoms. The average Bonchev–Trinajstić information content (AvgIpc) is 2.28. The number of hydrogen-bond acceptors (Lipinski definition) is 3. The lowest BCUT2D eigenvalue weighted by Crippen LogP contribution is -2.26. The van der Waals surface area contributed by atoms with Crippen molar-refractivity contribution in [3.8, 4) is 5.75 Å². The zero-order valence-corrected chi connectivity index (χ0v) is 14.1. The highest BCUT2D eigenvalue weighted by atomic mass is 79.9. The number of esters is 1. The van der Waals surface area contributed by atoms with Gasteiger partial charge < -0.3 is 9.47 Å². The van der Waals surface area contributed by atoms with Crippen molar-refractivity contribution in [2.24, 2.45) is 0 Å². The monoisotopic (exact) mass is 440 g/mol. The molecule has 0 aliphatic rings. The number of alkyl halides is 3. The molecule has 0 N–H and O–H groups in total. The van der Waals surface area contributed by atoms with Crippen molar-refractivity contribution in [2.45, 2.75) is 14.9 Å². The first-order chi connectivity index (χ1) is 8.43. The first-order valence-electron chi connectivity index (χ1n) is 5.02. The Morgan fingerprint density at radius 3 is 2.56 bits per heavy atom. The summed E-state index contributed by atoms with van der Waals surface area (Å²) in [6.45, 7) is 3.33. The summed E-state index contributed by atoms with van der Waals surface area (Å²) in [6, 6.07) is 9.30. The van der Waals surface area contributed by atoms with Crippen LogP contribution in [-0.4, -0.2) is 14.4 Å². The fourth-order valence-corrected chi connectivity index (χ4v) is 3.58. The summed E-state index contributed by atoms with van der Waals surface area (Å²) in [5.74, 6) is 0.202. The Morgan fingerprint density at radius 2 is 2.00 bits per heavy atom. The van der Waals surface area contributed by atoms with Crippen molar-refractivity contribution in [3.05, 3.63) is 43.0 Å². The number of benzene rings is 1. The highest BCUT2D eigenvalue weighted by Gasteiger charge is 2.30. The van der Waals surface area contributed by atoms with E-state index in [-0.39, 0.29) is 0 Å². The van der Waals surface area contributed by atoms with Crippen LogP contribution >= 0.6 is 47.8 Å². The summed E-state index contributed by atoms with van der Waals surface area (Å²) in [4.78, 5) is 11.0. The van der Waals surface area contributed by atoms with Crippen molar-refractivity contribution in [1.82, 2.24) is 0 Å². The minimum atomic E-state index is -0.822. The van der Waals surface area contributed by atoms with E-state index in [0.717, 1.165) is 6.08 Å². The largest absolute Gasteiger partial charge is 0.466 e. The summed E-state index contributed by atoms with van der Waals surface area (Å²) in [7, 11) is 0. The Labute approximate surface area is 131 Å². The summed E-state index contributed by atoms with van der Waals surface area (Å²) in [5.41, 5.74) is 0. The van der Waals surface area contributed by atoms with Crippen LogP contribution in [0.2, 0.25) is 0 Å². The van der Waals surface area contributed by atoms with Gasteiger partial charge in [-0.3, -0.25) is 0 Å². The predicted molar refractivity (Wildman–Crippen MR) is 81.3 cm³/mol. The van der Waals surface area contributed by atoms with E-state index in [9.17, 15) is 4.79 Å². The molecule has 3 nitrogen and oxygen atoms in total. The molecular formula is C12H11Br3O3. The Hall–Kier alpha value is -0.330. The van der Waals surface area contributed by atoms with Crippen LogP contribution in [0, 0.1) is 0 Å². The molecule has 0 aromatic heterocycles. The smallest absolute Gasteiger partial charge is 0.331 e. The first kappa shape index (κ1) is 15.7. The molecule has 0 aliphatic carbocycles. The van der Waals surface area contributed by atoms with Crippen molar-refractivity contribution >= 4 is 53.8 Å². The van der Waals surface area contributed by atoms with Crippen LogP contribution in [-0.2, 0) is 9.53 Å². The molecule has 0 bridgehead atoms. The normalized spacial score (nSPS) is 12.6. The standard InChI is InChI=1S/C12H11Br3O3/c1-2-11(16)17-10(13)8-12(14,15)18-9-6-4-3-5-7-9/h2-7,10H,1,8H2. The summed E-state index contributed by atoms with van der Waals surface area (Å²) >= 11 is 9.99. The van der Waals surface area contributed by atoms with Crippen LogP contribution in [0.25, 0.3) is 0 Å². The number of carbonyl (C=O) groups is 1. The lowest BCUT2D eigenvalue weighted by molar-refractivity contribution is -0.139. The van der Waals surface area contributed by atoms with Gasteiger partial charge in [-0.05, 0) is 59.9 Å². The SMILES string of the molecule is C=CC(=O)OC(Br)CC(Br)(Br)Oc1ccccc1. The van der Waals surface area contributed by atoms with Gasteiger partial charge >= 0.3 is 5.97 Å². The molecule has 98 valence electrons. The van der Waals surface area contributed by atoms with Crippen molar-refractivity contribution < 1.29 is 14.3 Å². The van der Waals surface area contributed by atoms with Crippen LogP contribution in [0.1, 0.15) is 6.42 Å². The Bertz CT molecular complexity index is 406. The third kappa shape index (κ3) is 6.02. The second-order valence-electron chi connectivity index (χ2n) is 3.31. The molecule has 0 fully saturated rings. The van der Waals surface area contributed by atoms with E-state index in [1.165, 1.54) is 0 Å². The maximum absolute atomic E-state index is 11.0. The van der Waals surface area contributed by atoms with E-state index in [2.05, 4.69) is 54.4 Å². The molecule has 0 aliphatic heterocycles. The topological polar surface area (TPSA) is 35.5 Å². The van der Waals surface area contributed by atoms with Crippen LogP contribution in [0.5, 0.6) is 5.75 Å². The molecule has 0 spiro atoms. The molecule has 0 radical (unpaired) electrons. The highest BCUT2D eigenvalue weighted by molar-refractivity contribution is 9.25. The molecule has 1 unspecified atom stereocenters. The van der Waals surface area contributed by atoms with Crippen molar-refractivity contribution in [1.29, 1.82) is 0 Å². The third-order valence-electron chi connectivity index (χ3n) is 1.82. The quantitative estimate of drug-likeness (QED) is 0.373. The number of rotatable bonds is 6. The van der Waals surface area contributed by atoms with E-state index in [1.54, 1.807) is 0 Å². The highest BCUT2D eigenvalue weighted by Crippen LogP contribution is 2.36. The summed E-state index contributed by atoms with van der Waals surface area (Å²) in [6.07, 6.45) is 1.47. The van der Waals surface area contributed by atoms with Crippen molar-refractivity contribution in [3.63, 3.8) is 0 Å². The molecule has 18 heavy (non-hydrogen) atoms. The maximum atomic E-state index is 11.0. The lowest BCUT2D eigenvalue weighted by atomic mass is 10.3. The molecule has 0 heterocycles. The molecule has 0 amide bonds. The fraction of sp³-hybridized carbons (Fsp3) is 0.250. The Balaban J connectivity index is 2.53. The van der Waals surface area contributed by atoms with Crippen LogP contribution in [0.3, 0.4) is 0 Å². The minimum absolute atomic E-state index is 0.363. The number of para-hydroxylation sites is 1. The first-order valence-corrected chi connectivity index (χ1v) is 7.52. The zero-order chi connectivity index (χ0) is 13.6. The van der Waals surface area contributed by atoms with Gasteiger partial charge in [0.1, 0.15) is 5.75 Å². The molecule has 1 aromatic carbocycles. The Morgan fingerprint density at radius 1 is 1.39 bits per heavy atom. The lowest BCUT2D eigenvalue weighted by Gasteiger charge is -2.24. The second-order valence-corrected chi connectivity index (χ2v) is 7.96. The van der Waals surface area contributed by atoms with Gasteiger partial charge in [0.25, 0.3) is 0 Å². The molecule has 0 saturated carbocycles. The van der Waals surface area contributed by atoms with Crippen LogP contribution in [0.4, 0.5) is 0 Å². The van der Waals surface area contributed by atoms with E-state index in [0.29, 0.717) is 12.2 Å². The van der Waals surface area contributed by atoms with Gasteiger partial charge in [0.05, 0.1) is 6.42 Å². The van der Waals surface area contributed by atoms with Crippen molar-refractivity contribution in [2.75, 3.05) is 0 Å². The molecular weight excluding hydrogens is 432 g/mol. The average molecular weight is 443 g/mol. The summed E-state index contributed by atoms with van der Waals surface area (Å²) in [5, 5.41) is -0.495. The molecule has 1 aromatic rings. The van der Waals surface area contributed by atoms with Gasteiger partial charge in [0, 0.05) is 6.08 Å². The maximum Gasteiger partial charge on any atom is 0.331 e. The van der Waals surface area contributed by atoms with E-state index < -0.39 is 14.4 Å². The predicted octanol–water partition coefficient (Wildman–Crippen LogP) is 4.35. The van der Waals surface area contributed by atoms with Gasteiger partial charge in [-0.2, -0.15) is 0 Å². The molecule has 1 atom stereocenters. The summed E-state index contributed by atoms with van der Waals surface area (Å²) < 4.78 is 9.84. The van der Waals surface area contributed by atoms with Gasteiger partial charge in [-0.1, -0.05) is 24.8 Å². The number of hydrogen-bond donors (Lipinski definition) is 0.